The van der Waals surface area contributed by atoms with Crippen molar-refractivity contribution >= 4 is 22.6 Å². The van der Waals surface area contributed by atoms with Crippen LogP contribution in [0.5, 0.6) is 0 Å². The number of thioether (sulfide) groups is 1. The molecule has 6 nitrogen and oxygen atoms in total. The highest BCUT2D eigenvalue weighted by molar-refractivity contribution is 8.14. The Labute approximate surface area is 126 Å². The van der Waals surface area contributed by atoms with Gasteiger partial charge in [0, 0.05) is 18.5 Å². The molecule has 0 radical (unpaired) electrons. The maximum Gasteiger partial charge on any atom is 0.280 e. The van der Waals surface area contributed by atoms with Gasteiger partial charge in [-0.05, 0) is 19.1 Å². The number of aromatic amines is 1. The van der Waals surface area contributed by atoms with E-state index < -0.39 is 0 Å². The summed E-state index contributed by atoms with van der Waals surface area (Å²) in [6.45, 7) is 1.88. The number of hydrogen-bond acceptors (Lipinski definition) is 4. The van der Waals surface area contributed by atoms with Crippen molar-refractivity contribution < 1.29 is 0 Å². The van der Waals surface area contributed by atoms with E-state index in [9.17, 15) is 4.79 Å². The van der Waals surface area contributed by atoms with Gasteiger partial charge in [0.05, 0.1) is 17.0 Å². The van der Waals surface area contributed by atoms with Gasteiger partial charge >= 0.3 is 0 Å². The van der Waals surface area contributed by atoms with Gasteiger partial charge in [0.1, 0.15) is 0 Å². The van der Waals surface area contributed by atoms with E-state index in [2.05, 4.69) is 20.6 Å². The molecule has 3 rings (SSSR count). The van der Waals surface area contributed by atoms with E-state index in [1.54, 1.807) is 11.7 Å². The average molecular weight is 301 g/mol. The zero-order chi connectivity index (χ0) is 14.8. The number of hydrogen-bond donors (Lipinski definition) is 2. The quantitative estimate of drug-likeness (QED) is 0.883. The van der Waals surface area contributed by atoms with Crippen molar-refractivity contribution in [2.45, 2.75) is 6.92 Å². The van der Waals surface area contributed by atoms with Crippen molar-refractivity contribution in [1.82, 2.24) is 15.2 Å². The average Bonchev–Trinajstić information content (AvgIpc) is 2.83. The third-order valence-electron chi connectivity index (χ3n) is 3.21. The predicted molar refractivity (Wildman–Crippen MR) is 86.6 cm³/mol. The van der Waals surface area contributed by atoms with Crippen LogP contribution >= 0.6 is 11.8 Å². The molecule has 0 aliphatic carbocycles. The summed E-state index contributed by atoms with van der Waals surface area (Å²) in [7, 11) is 1.71. The molecule has 1 aromatic carbocycles. The molecule has 1 aliphatic heterocycles. The van der Waals surface area contributed by atoms with Crippen molar-refractivity contribution in [3.8, 4) is 5.69 Å². The van der Waals surface area contributed by atoms with Crippen LogP contribution in [0.2, 0.25) is 0 Å². The zero-order valence-corrected chi connectivity index (χ0v) is 12.6. The second kappa shape index (κ2) is 5.61. The number of H-pyrrole nitrogens is 1. The van der Waals surface area contributed by atoms with Crippen LogP contribution in [-0.4, -0.2) is 33.5 Å². The maximum absolute atomic E-state index is 12.6. The summed E-state index contributed by atoms with van der Waals surface area (Å²) >= 11 is 1.53. The van der Waals surface area contributed by atoms with Crippen LogP contribution in [0.3, 0.4) is 0 Å². The first kappa shape index (κ1) is 13.7. The molecule has 0 spiro atoms. The van der Waals surface area contributed by atoms with Gasteiger partial charge in [0.15, 0.2) is 5.17 Å². The van der Waals surface area contributed by atoms with Crippen LogP contribution in [0.15, 0.2) is 45.2 Å². The zero-order valence-electron chi connectivity index (χ0n) is 11.8. The summed E-state index contributed by atoms with van der Waals surface area (Å²) in [4.78, 5) is 16.7. The molecule has 108 valence electrons. The Morgan fingerprint density at radius 3 is 2.71 bits per heavy atom. The maximum atomic E-state index is 12.6. The fourth-order valence-electron chi connectivity index (χ4n) is 2.20. The van der Waals surface area contributed by atoms with Gasteiger partial charge in [-0.15, -0.1) is 0 Å². The second-order valence-electron chi connectivity index (χ2n) is 4.58. The van der Waals surface area contributed by atoms with Gasteiger partial charge in [-0.3, -0.25) is 20.3 Å². The van der Waals surface area contributed by atoms with Crippen LogP contribution in [0.1, 0.15) is 11.3 Å². The highest BCUT2D eigenvalue weighted by atomic mass is 32.2. The number of amidine groups is 1. The summed E-state index contributed by atoms with van der Waals surface area (Å²) in [6.07, 6.45) is 0. The molecular formula is C14H15N5OS. The molecule has 21 heavy (non-hydrogen) atoms. The highest BCUT2D eigenvalue weighted by Crippen LogP contribution is 2.14. The summed E-state index contributed by atoms with van der Waals surface area (Å²) < 4.78 is 1.54. The van der Waals surface area contributed by atoms with Gasteiger partial charge in [0.2, 0.25) is 0 Å². The molecule has 0 saturated carbocycles. The molecule has 7 heteroatoms. The molecule has 0 unspecified atom stereocenters. The smallest absolute Gasteiger partial charge is 0.280 e. The number of nitrogens with one attached hydrogen (secondary N) is 2. The fraction of sp³-hybridized carbons (Fsp3) is 0.214. The number of para-hydroxylation sites is 1. The third-order valence-corrected chi connectivity index (χ3v) is 4.17. The number of rotatable bonds is 2. The molecular weight excluding hydrogens is 286 g/mol. The number of nitrogens with zero attached hydrogens (tertiary/aromatic N) is 3. The number of aryl methyl sites for hydroxylation is 1. The SMILES string of the molecule is CN=C1NN=C(c2c(C)[nH]n(-c3ccccc3)c2=O)CS1. The lowest BCUT2D eigenvalue weighted by atomic mass is 10.2. The van der Waals surface area contributed by atoms with E-state index in [1.807, 2.05) is 37.3 Å². The summed E-state index contributed by atoms with van der Waals surface area (Å²) in [5.74, 6) is 0.627. The van der Waals surface area contributed by atoms with E-state index in [0.29, 0.717) is 11.3 Å². The Balaban J connectivity index is 2.04. The van der Waals surface area contributed by atoms with E-state index in [0.717, 1.165) is 22.3 Å². The molecule has 2 heterocycles. The molecule has 2 N–H and O–H groups in total. The third kappa shape index (κ3) is 2.52. The Morgan fingerprint density at radius 1 is 1.33 bits per heavy atom. The van der Waals surface area contributed by atoms with Crippen LogP contribution in [0.25, 0.3) is 5.69 Å². The molecule has 0 amide bonds. The Bertz CT molecular complexity index is 772. The normalized spacial score (nSPS) is 16.7. The summed E-state index contributed by atoms with van der Waals surface area (Å²) in [5.41, 5.74) is 5.75. The minimum Gasteiger partial charge on any atom is -0.295 e. The minimum atomic E-state index is -0.0864. The van der Waals surface area contributed by atoms with Gasteiger partial charge < -0.3 is 0 Å². The largest absolute Gasteiger partial charge is 0.295 e. The predicted octanol–water partition coefficient (Wildman–Crippen LogP) is 1.50. The molecule has 1 aromatic heterocycles. The van der Waals surface area contributed by atoms with Crippen LogP contribution in [-0.2, 0) is 0 Å². The summed E-state index contributed by atoms with van der Waals surface area (Å²) in [6, 6.07) is 9.49. The first-order chi connectivity index (χ1) is 10.2. The van der Waals surface area contributed by atoms with Crippen molar-refractivity contribution in [3.63, 3.8) is 0 Å². The van der Waals surface area contributed by atoms with Gasteiger partial charge in [-0.2, -0.15) is 5.10 Å². The van der Waals surface area contributed by atoms with Crippen molar-refractivity contribution in [1.29, 1.82) is 0 Å². The summed E-state index contributed by atoms with van der Waals surface area (Å²) in [5, 5.41) is 8.13. The Kier molecular flexibility index (Phi) is 3.66. The molecule has 0 atom stereocenters. The van der Waals surface area contributed by atoms with Gasteiger partial charge in [0.25, 0.3) is 5.56 Å². The monoisotopic (exact) mass is 301 g/mol. The van der Waals surface area contributed by atoms with E-state index >= 15 is 0 Å². The second-order valence-corrected chi connectivity index (χ2v) is 5.54. The molecule has 2 aromatic rings. The molecule has 0 saturated heterocycles. The van der Waals surface area contributed by atoms with Crippen molar-refractivity contribution in [2.24, 2.45) is 10.1 Å². The standard InChI is InChI=1S/C14H15N5OS/c1-9-12(11-8-21-14(15-2)17-16-11)13(20)19(18-9)10-6-4-3-5-7-10/h3-7,18H,8H2,1-2H3,(H,15,17). The van der Waals surface area contributed by atoms with Gasteiger partial charge in [-0.25, -0.2) is 4.68 Å². The van der Waals surface area contributed by atoms with Crippen molar-refractivity contribution in [3.05, 3.63) is 51.9 Å². The van der Waals surface area contributed by atoms with E-state index in [4.69, 9.17) is 0 Å². The van der Waals surface area contributed by atoms with Gasteiger partial charge in [-0.1, -0.05) is 30.0 Å². The van der Waals surface area contributed by atoms with E-state index in [1.165, 1.54) is 11.8 Å². The lowest BCUT2D eigenvalue weighted by molar-refractivity contribution is 0.835. The lowest BCUT2D eigenvalue weighted by Gasteiger charge is -2.12. The first-order valence-corrected chi connectivity index (χ1v) is 7.49. The minimum absolute atomic E-state index is 0.0864. The molecule has 1 aliphatic rings. The first-order valence-electron chi connectivity index (χ1n) is 6.50. The van der Waals surface area contributed by atoms with Crippen molar-refractivity contribution in [2.75, 3.05) is 12.8 Å². The van der Waals surface area contributed by atoms with Crippen LogP contribution < -0.4 is 11.0 Å². The number of aromatic nitrogens is 2. The Hall–Kier alpha value is -2.28. The number of aliphatic imine (C=N–C) groups is 1. The van der Waals surface area contributed by atoms with Crippen LogP contribution in [0.4, 0.5) is 0 Å². The number of benzene rings is 1. The fourth-order valence-corrected chi connectivity index (χ4v) is 2.93. The lowest BCUT2D eigenvalue weighted by Crippen LogP contribution is -2.29. The molecule has 0 bridgehead atoms. The highest BCUT2D eigenvalue weighted by Gasteiger charge is 2.21. The Morgan fingerprint density at radius 2 is 2.10 bits per heavy atom. The van der Waals surface area contributed by atoms with E-state index in [-0.39, 0.29) is 5.56 Å². The van der Waals surface area contributed by atoms with Crippen LogP contribution in [0, 0.1) is 6.92 Å². The topological polar surface area (TPSA) is 74.5 Å². The molecule has 0 fully saturated rings. The number of hydrazone groups is 1.